The summed E-state index contributed by atoms with van der Waals surface area (Å²) in [6.07, 6.45) is 0. The summed E-state index contributed by atoms with van der Waals surface area (Å²) in [5, 5.41) is 11.2. The first kappa shape index (κ1) is 14.8. The Morgan fingerprint density at radius 1 is 1.24 bits per heavy atom. The molecule has 1 amide bonds. The van der Waals surface area contributed by atoms with Crippen molar-refractivity contribution in [2.45, 2.75) is 0 Å². The number of halogens is 3. The van der Waals surface area contributed by atoms with E-state index in [1.807, 2.05) is 6.07 Å². The molecular formula is C14H8ClF2N3O. The largest absolute Gasteiger partial charge is 0.396 e. The van der Waals surface area contributed by atoms with E-state index >= 15 is 0 Å². The molecule has 0 bridgehead atoms. The van der Waals surface area contributed by atoms with Crippen molar-refractivity contribution in [3.63, 3.8) is 0 Å². The van der Waals surface area contributed by atoms with Gasteiger partial charge in [0.05, 0.1) is 33.6 Å². The summed E-state index contributed by atoms with van der Waals surface area (Å²) in [6.45, 7) is 0. The van der Waals surface area contributed by atoms with Gasteiger partial charge in [-0.2, -0.15) is 5.26 Å². The van der Waals surface area contributed by atoms with E-state index in [-0.39, 0.29) is 16.4 Å². The summed E-state index contributed by atoms with van der Waals surface area (Å²) in [5.41, 5.74) is 5.07. The average molecular weight is 308 g/mol. The van der Waals surface area contributed by atoms with Crippen LogP contribution in [-0.4, -0.2) is 5.91 Å². The smallest absolute Gasteiger partial charge is 0.258 e. The number of nitrogens with zero attached hydrogens (tertiary/aromatic N) is 1. The maximum atomic E-state index is 13.6. The molecule has 21 heavy (non-hydrogen) atoms. The summed E-state index contributed by atoms with van der Waals surface area (Å²) < 4.78 is 26.6. The van der Waals surface area contributed by atoms with Crippen LogP contribution in [0.1, 0.15) is 15.9 Å². The standard InChI is InChI=1S/C14H8ClF2N3O/c15-9-3-7(6-18)1-2-13(9)20-14(21)8-4-12(19)11(17)5-10(8)16/h1-5H,19H2,(H,20,21). The van der Waals surface area contributed by atoms with Crippen molar-refractivity contribution in [1.29, 1.82) is 5.26 Å². The molecule has 0 aromatic heterocycles. The van der Waals surface area contributed by atoms with Gasteiger partial charge in [0.25, 0.3) is 5.91 Å². The van der Waals surface area contributed by atoms with Gasteiger partial charge in [-0.1, -0.05) is 11.6 Å². The Kier molecular flexibility index (Phi) is 4.05. The molecule has 0 aliphatic heterocycles. The van der Waals surface area contributed by atoms with Crippen molar-refractivity contribution in [3.05, 3.63) is 58.1 Å². The highest BCUT2D eigenvalue weighted by molar-refractivity contribution is 6.34. The number of nitrogen functional groups attached to an aromatic ring is 1. The Bertz CT molecular complexity index is 772. The van der Waals surface area contributed by atoms with Gasteiger partial charge in [0.15, 0.2) is 0 Å². The molecule has 0 atom stereocenters. The van der Waals surface area contributed by atoms with Gasteiger partial charge < -0.3 is 11.1 Å². The number of benzene rings is 2. The molecule has 3 N–H and O–H groups in total. The van der Waals surface area contributed by atoms with Crippen molar-refractivity contribution < 1.29 is 13.6 Å². The Morgan fingerprint density at radius 3 is 2.57 bits per heavy atom. The SMILES string of the molecule is N#Cc1ccc(NC(=O)c2cc(N)c(F)cc2F)c(Cl)c1. The molecular weight excluding hydrogens is 300 g/mol. The Hall–Kier alpha value is -2.65. The number of amides is 1. The fourth-order valence-electron chi connectivity index (χ4n) is 1.62. The second-order valence-corrected chi connectivity index (χ2v) is 4.52. The van der Waals surface area contributed by atoms with Gasteiger partial charge in [-0.3, -0.25) is 4.79 Å². The van der Waals surface area contributed by atoms with E-state index < -0.39 is 23.1 Å². The molecule has 0 unspecified atom stereocenters. The lowest BCUT2D eigenvalue weighted by molar-refractivity contribution is 0.102. The van der Waals surface area contributed by atoms with E-state index in [4.69, 9.17) is 22.6 Å². The minimum Gasteiger partial charge on any atom is -0.396 e. The van der Waals surface area contributed by atoms with E-state index in [1.54, 1.807) is 0 Å². The number of hydrogen-bond donors (Lipinski definition) is 2. The number of rotatable bonds is 2. The highest BCUT2D eigenvalue weighted by atomic mass is 35.5. The molecule has 2 aromatic rings. The number of nitrogens with two attached hydrogens (primary N) is 1. The number of carbonyl (C=O) groups excluding carboxylic acids is 1. The molecule has 0 heterocycles. The predicted octanol–water partition coefficient (Wildman–Crippen LogP) is 3.32. The maximum Gasteiger partial charge on any atom is 0.258 e. The summed E-state index contributed by atoms with van der Waals surface area (Å²) in [4.78, 5) is 12.0. The van der Waals surface area contributed by atoms with E-state index in [0.29, 0.717) is 11.6 Å². The highest BCUT2D eigenvalue weighted by Crippen LogP contribution is 2.24. The Morgan fingerprint density at radius 2 is 1.95 bits per heavy atom. The lowest BCUT2D eigenvalue weighted by atomic mass is 10.1. The number of nitriles is 1. The highest BCUT2D eigenvalue weighted by Gasteiger charge is 2.16. The molecule has 106 valence electrons. The zero-order valence-corrected chi connectivity index (χ0v) is 11.2. The normalized spacial score (nSPS) is 10.0. The minimum atomic E-state index is -1.04. The molecule has 0 aliphatic carbocycles. The molecule has 0 saturated carbocycles. The third kappa shape index (κ3) is 3.09. The lowest BCUT2D eigenvalue weighted by Crippen LogP contribution is -2.15. The third-order valence-corrected chi connectivity index (χ3v) is 2.99. The Balaban J connectivity index is 2.31. The maximum absolute atomic E-state index is 13.6. The molecule has 2 rings (SSSR count). The van der Waals surface area contributed by atoms with Crippen LogP contribution in [0, 0.1) is 23.0 Å². The second kappa shape index (κ2) is 5.77. The summed E-state index contributed by atoms with van der Waals surface area (Å²) >= 11 is 5.89. The quantitative estimate of drug-likeness (QED) is 0.835. The zero-order chi connectivity index (χ0) is 15.6. The van der Waals surface area contributed by atoms with Gasteiger partial charge in [-0.25, -0.2) is 8.78 Å². The van der Waals surface area contributed by atoms with E-state index in [9.17, 15) is 13.6 Å². The van der Waals surface area contributed by atoms with Crippen LogP contribution in [0.5, 0.6) is 0 Å². The van der Waals surface area contributed by atoms with E-state index in [0.717, 1.165) is 6.07 Å². The van der Waals surface area contributed by atoms with Gasteiger partial charge >= 0.3 is 0 Å². The second-order valence-electron chi connectivity index (χ2n) is 4.11. The van der Waals surface area contributed by atoms with E-state index in [2.05, 4.69) is 5.32 Å². The molecule has 4 nitrogen and oxygen atoms in total. The fraction of sp³-hybridized carbons (Fsp3) is 0. The van der Waals surface area contributed by atoms with E-state index in [1.165, 1.54) is 18.2 Å². The topological polar surface area (TPSA) is 78.9 Å². The summed E-state index contributed by atoms with van der Waals surface area (Å²) in [6, 6.07) is 7.52. The predicted molar refractivity (Wildman–Crippen MR) is 74.9 cm³/mol. The van der Waals surface area contributed by atoms with Crippen molar-refractivity contribution in [2.24, 2.45) is 0 Å². The van der Waals surface area contributed by atoms with Crippen LogP contribution in [0.25, 0.3) is 0 Å². The molecule has 0 aliphatic rings. The van der Waals surface area contributed by atoms with Gasteiger partial charge in [0.2, 0.25) is 0 Å². The fourth-order valence-corrected chi connectivity index (χ4v) is 1.84. The monoisotopic (exact) mass is 307 g/mol. The third-order valence-electron chi connectivity index (χ3n) is 2.68. The number of anilines is 2. The molecule has 0 fully saturated rings. The van der Waals surface area contributed by atoms with Crippen LogP contribution in [0.4, 0.5) is 20.2 Å². The molecule has 7 heteroatoms. The van der Waals surface area contributed by atoms with Crippen molar-refractivity contribution in [2.75, 3.05) is 11.1 Å². The first-order chi connectivity index (χ1) is 9.92. The first-order valence-corrected chi connectivity index (χ1v) is 6.05. The van der Waals surface area contributed by atoms with Crippen LogP contribution in [0.2, 0.25) is 5.02 Å². The van der Waals surface area contributed by atoms with Crippen molar-refractivity contribution in [1.82, 2.24) is 0 Å². The van der Waals surface area contributed by atoms with Gasteiger partial charge in [-0.15, -0.1) is 0 Å². The van der Waals surface area contributed by atoms with Crippen LogP contribution in [-0.2, 0) is 0 Å². The molecule has 0 spiro atoms. The number of hydrogen-bond acceptors (Lipinski definition) is 3. The van der Waals surface area contributed by atoms with Crippen LogP contribution >= 0.6 is 11.6 Å². The number of nitrogens with one attached hydrogen (secondary N) is 1. The first-order valence-electron chi connectivity index (χ1n) is 5.68. The average Bonchev–Trinajstić information content (AvgIpc) is 2.44. The molecule has 2 aromatic carbocycles. The lowest BCUT2D eigenvalue weighted by Gasteiger charge is -2.09. The van der Waals surface area contributed by atoms with Crippen LogP contribution < -0.4 is 11.1 Å². The molecule has 0 radical (unpaired) electrons. The molecule has 0 saturated heterocycles. The zero-order valence-electron chi connectivity index (χ0n) is 10.5. The summed E-state index contributed by atoms with van der Waals surface area (Å²) in [7, 11) is 0. The van der Waals surface area contributed by atoms with Crippen molar-refractivity contribution in [3.8, 4) is 6.07 Å². The van der Waals surface area contributed by atoms with Gasteiger partial charge in [0, 0.05) is 6.07 Å². The minimum absolute atomic E-state index is 0.123. The Labute approximate surface area is 123 Å². The van der Waals surface area contributed by atoms with Gasteiger partial charge in [-0.05, 0) is 24.3 Å². The summed E-state index contributed by atoms with van der Waals surface area (Å²) in [5.74, 6) is -2.81. The number of carbonyl (C=O) groups is 1. The van der Waals surface area contributed by atoms with Crippen LogP contribution in [0.3, 0.4) is 0 Å². The van der Waals surface area contributed by atoms with Gasteiger partial charge in [0.1, 0.15) is 11.6 Å². The van der Waals surface area contributed by atoms with Crippen LogP contribution in [0.15, 0.2) is 30.3 Å². The van der Waals surface area contributed by atoms with Crippen molar-refractivity contribution >= 4 is 28.9 Å².